The number of anilines is 1. The number of carbonyl (C=O) groups is 1. The fraction of sp³-hybridized carbons (Fsp3) is 0.208. The van der Waals surface area contributed by atoms with Crippen molar-refractivity contribution in [2.75, 3.05) is 10.7 Å². The Kier molecular flexibility index (Phi) is 6.90. The standard InChI is InChI=1S/C24H22ClN3OS2/c1-16-5-7-19(8-6-16)30-13-11-22(29)28(15-18-4-3-12-26-14-18)24-27-23-17(2)20(25)9-10-21(23)31-24/h3-10,12,14H,11,13,15H2,1-2H3. The molecule has 4 rings (SSSR count). The Morgan fingerprint density at radius 1 is 1.13 bits per heavy atom. The molecule has 0 saturated heterocycles. The van der Waals surface area contributed by atoms with Crippen LogP contribution in [0, 0.1) is 13.8 Å². The molecular weight excluding hydrogens is 446 g/mol. The highest BCUT2D eigenvalue weighted by atomic mass is 35.5. The summed E-state index contributed by atoms with van der Waals surface area (Å²) >= 11 is 9.49. The molecule has 0 fully saturated rings. The molecule has 4 aromatic rings. The predicted molar refractivity (Wildman–Crippen MR) is 131 cm³/mol. The molecule has 31 heavy (non-hydrogen) atoms. The van der Waals surface area contributed by atoms with Crippen molar-refractivity contribution in [3.63, 3.8) is 0 Å². The van der Waals surface area contributed by atoms with Crippen molar-refractivity contribution in [1.82, 2.24) is 9.97 Å². The molecule has 0 spiro atoms. The smallest absolute Gasteiger partial charge is 0.229 e. The second kappa shape index (κ2) is 9.81. The van der Waals surface area contributed by atoms with Gasteiger partial charge in [-0.3, -0.25) is 14.7 Å². The van der Waals surface area contributed by atoms with Crippen molar-refractivity contribution in [3.05, 3.63) is 82.6 Å². The largest absolute Gasteiger partial charge is 0.284 e. The lowest BCUT2D eigenvalue weighted by Gasteiger charge is -2.20. The van der Waals surface area contributed by atoms with Gasteiger partial charge in [-0.1, -0.05) is 46.7 Å². The fourth-order valence-electron chi connectivity index (χ4n) is 3.17. The van der Waals surface area contributed by atoms with E-state index < -0.39 is 0 Å². The Balaban J connectivity index is 1.56. The first kappa shape index (κ1) is 21.8. The number of thiazole rings is 1. The van der Waals surface area contributed by atoms with Gasteiger partial charge >= 0.3 is 0 Å². The number of pyridine rings is 1. The Labute approximate surface area is 195 Å². The van der Waals surface area contributed by atoms with Crippen LogP contribution in [0.2, 0.25) is 5.02 Å². The van der Waals surface area contributed by atoms with Crippen molar-refractivity contribution < 1.29 is 4.79 Å². The minimum Gasteiger partial charge on any atom is -0.284 e. The van der Waals surface area contributed by atoms with Gasteiger partial charge in [0.2, 0.25) is 5.91 Å². The number of hydrogen-bond acceptors (Lipinski definition) is 5. The maximum atomic E-state index is 13.3. The number of rotatable bonds is 7. The van der Waals surface area contributed by atoms with Crippen LogP contribution in [0.15, 0.2) is 65.8 Å². The summed E-state index contributed by atoms with van der Waals surface area (Å²) in [5, 5.41) is 1.37. The van der Waals surface area contributed by atoms with Gasteiger partial charge in [-0.2, -0.15) is 0 Å². The number of hydrogen-bond donors (Lipinski definition) is 0. The van der Waals surface area contributed by atoms with Gasteiger partial charge in [0.05, 0.1) is 16.8 Å². The zero-order valence-electron chi connectivity index (χ0n) is 17.3. The van der Waals surface area contributed by atoms with E-state index in [9.17, 15) is 4.79 Å². The highest BCUT2D eigenvalue weighted by Crippen LogP contribution is 2.34. The van der Waals surface area contributed by atoms with E-state index in [1.165, 1.54) is 21.8 Å². The molecule has 0 aliphatic heterocycles. The fourth-order valence-corrected chi connectivity index (χ4v) is 5.20. The molecule has 2 aromatic heterocycles. The number of halogens is 1. The number of aryl methyl sites for hydroxylation is 2. The van der Waals surface area contributed by atoms with E-state index in [0.717, 1.165) is 21.3 Å². The molecule has 0 bridgehead atoms. The van der Waals surface area contributed by atoms with E-state index in [4.69, 9.17) is 16.6 Å². The van der Waals surface area contributed by atoms with Gasteiger partial charge < -0.3 is 0 Å². The van der Waals surface area contributed by atoms with Crippen LogP contribution in [-0.4, -0.2) is 21.6 Å². The quantitative estimate of drug-likeness (QED) is 0.284. The van der Waals surface area contributed by atoms with Crippen LogP contribution in [-0.2, 0) is 11.3 Å². The minimum absolute atomic E-state index is 0.0475. The maximum Gasteiger partial charge on any atom is 0.229 e. The summed E-state index contributed by atoms with van der Waals surface area (Å²) in [6.45, 7) is 4.47. The normalized spacial score (nSPS) is 11.1. The molecule has 4 nitrogen and oxygen atoms in total. The number of aromatic nitrogens is 2. The second-order valence-electron chi connectivity index (χ2n) is 7.27. The Morgan fingerprint density at radius 2 is 1.94 bits per heavy atom. The molecular formula is C24H22ClN3OS2. The average Bonchev–Trinajstić information content (AvgIpc) is 3.21. The highest BCUT2D eigenvalue weighted by Gasteiger charge is 2.21. The van der Waals surface area contributed by atoms with E-state index in [-0.39, 0.29) is 5.91 Å². The third kappa shape index (κ3) is 5.26. The molecule has 7 heteroatoms. The lowest BCUT2D eigenvalue weighted by Crippen LogP contribution is -2.30. The summed E-state index contributed by atoms with van der Waals surface area (Å²) in [4.78, 5) is 25.2. The number of fused-ring (bicyclic) bond motifs is 1. The Morgan fingerprint density at radius 3 is 2.68 bits per heavy atom. The first-order valence-corrected chi connectivity index (χ1v) is 12.1. The molecule has 2 heterocycles. The van der Waals surface area contributed by atoms with Crippen molar-refractivity contribution in [2.45, 2.75) is 31.7 Å². The average molecular weight is 468 g/mol. The van der Waals surface area contributed by atoms with Crippen molar-refractivity contribution in [1.29, 1.82) is 0 Å². The second-order valence-corrected chi connectivity index (χ2v) is 9.85. The third-order valence-corrected chi connectivity index (χ3v) is 7.40. The van der Waals surface area contributed by atoms with Crippen molar-refractivity contribution in [2.24, 2.45) is 0 Å². The molecule has 158 valence electrons. The SMILES string of the molecule is Cc1ccc(SCCC(=O)N(Cc2cccnc2)c2nc3c(C)c(Cl)ccc3s2)cc1. The lowest BCUT2D eigenvalue weighted by molar-refractivity contribution is -0.118. The molecule has 1 amide bonds. The number of benzene rings is 2. The van der Waals surface area contributed by atoms with Crippen LogP contribution < -0.4 is 4.90 Å². The lowest BCUT2D eigenvalue weighted by atomic mass is 10.2. The number of amides is 1. The van der Waals surface area contributed by atoms with Crippen LogP contribution in [0.5, 0.6) is 0 Å². The van der Waals surface area contributed by atoms with Crippen molar-refractivity contribution >= 4 is 56.0 Å². The monoisotopic (exact) mass is 467 g/mol. The molecule has 2 aromatic carbocycles. The van der Waals surface area contributed by atoms with Crippen LogP contribution in [0.1, 0.15) is 23.1 Å². The molecule has 0 atom stereocenters. The molecule has 0 unspecified atom stereocenters. The summed E-state index contributed by atoms with van der Waals surface area (Å²) in [5.41, 5.74) is 3.99. The summed E-state index contributed by atoms with van der Waals surface area (Å²) in [7, 11) is 0. The van der Waals surface area contributed by atoms with Gasteiger partial charge in [-0.15, -0.1) is 11.8 Å². The summed E-state index contributed by atoms with van der Waals surface area (Å²) < 4.78 is 1.02. The van der Waals surface area contributed by atoms with Gasteiger partial charge in [-0.05, 0) is 55.3 Å². The maximum absolute atomic E-state index is 13.3. The van der Waals surface area contributed by atoms with Gasteiger partial charge in [0.1, 0.15) is 0 Å². The molecule has 0 aliphatic rings. The zero-order valence-corrected chi connectivity index (χ0v) is 19.7. The summed E-state index contributed by atoms with van der Waals surface area (Å²) in [5.74, 6) is 0.757. The minimum atomic E-state index is 0.0475. The van der Waals surface area contributed by atoms with Crippen LogP contribution in [0.25, 0.3) is 10.2 Å². The highest BCUT2D eigenvalue weighted by molar-refractivity contribution is 7.99. The number of nitrogens with zero attached hydrogens (tertiary/aromatic N) is 3. The summed E-state index contributed by atoms with van der Waals surface area (Å²) in [6, 6.07) is 16.1. The zero-order chi connectivity index (χ0) is 21.8. The molecule has 0 radical (unpaired) electrons. The third-order valence-electron chi connectivity index (χ3n) is 4.94. The van der Waals surface area contributed by atoms with Gasteiger partial charge in [0.15, 0.2) is 5.13 Å². The predicted octanol–water partition coefficient (Wildman–Crippen LogP) is 6.68. The topological polar surface area (TPSA) is 46.1 Å². The first-order valence-electron chi connectivity index (χ1n) is 9.95. The van der Waals surface area contributed by atoms with Crippen molar-refractivity contribution in [3.8, 4) is 0 Å². The van der Waals surface area contributed by atoms with E-state index in [1.54, 1.807) is 29.1 Å². The number of thioether (sulfide) groups is 1. The van der Waals surface area contributed by atoms with E-state index >= 15 is 0 Å². The van der Waals surface area contributed by atoms with Crippen LogP contribution >= 0.6 is 34.7 Å². The van der Waals surface area contributed by atoms with Gasteiger partial charge in [0, 0.05) is 34.5 Å². The first-order chi connectivity index (χ1) is 15.0. The van der Waals surface area contributed by atoms with E-state index in [1.807, 2.05) is 31.2 Å². The molecule has 0 N–H and O–H groups in total. The number of carbonyl (C=O) groups excluding carboxylic acids is 1. The van der Waals surface area contributed by atoms with Crippen LogP contribution in [0.4, 0.5) is 5.13 Å². The van der Waals surface area contributed by atoms with Gasteiger partial charge in [0.25, 0.3) is 0 Å². The molecule has 0 aliphatic carbocycles. The van der Waals surface area contributed by atoms with Gasteiger partial charge in [-0.25, -0.2) is 4.98 Å². The molecule has 0 saturated carbocycles. The van der Waals surface area contributed by atoms with E-state index in [2.05, 4.69) is 36.2 Å². The Hall–Kier alpha value is -2.41. The van der Waals surface area contributed by atoms with Crippen LogP contribution in [0.3, 0.4) is 0 Å². The Bertz CT molecular complexity index is 1190. The van der Waals surface area contributed by atoms with E-state index in [0.29, 0.717) is 28.9 Å². The summed E-state index contributed by atoms with van der Waals surface area (Å²) in [6.07, 6.45) is 3.95.